The number of nitrogens with one attached hydrogen (secondary N) is 1. The second kappa shape index (κ2) is 14.2. The van der Waals surface area contributed by atoms with Crippen molar-refractivity contribution in [2.24, 2.45) is 0 Å². The van der Waals surface area contributed by atoms with E-state index in [1.54, 1.807) is 14.0 Å². The lowest BCUT2D eigenvalue weighted by atomic mass is 9.97. The van der Waals surface area contributed by atoms with Crippen LogP contribution in [0, 0.1) is 0 Å². The monoisotopic (exact) mass is 595 g/mol. The first kappa shape index (κ1) is 31.6. The standard InChI is InChI=1S/C33H38FNO6S/c1-6-39-31(36)18-25-10-7-8-13-30(25)40-20-22-14-26-17-27(21-38-5)41-32(26)28(15-22)23-11-9-12-24(16-23)29(19-34)35-42(37)33(2,3)4/h7-17,29,35H,6,18-21H2,1-5H3/t29-,42+/m0/s1. The van der Waals surface area contributed by atoms with Crippen LogP contribution in [-0.2, 0) is 45.3 Å². The molecule has 9 heteroatoms. The molecule has 1 N–H and O–H groups in total. The Bertz CT molecular complexity index is 1500. The lowest BCUT2D eigenvalue weighted by molar-refractivity contribution is -0.142. The summed E-state index contributed by atoms with van der Waals surface area (Å²) in [6, 6.07) is 20.1. The number of para-hydroxylation sites is 1. The van der Waals surface area contributed by atoms with Gasteiger partial charge >= 0.3 is 5.97 Å². The van der Waals surface area contributed by atoms with E-state index in [9.17, 15) is 13.7 Å². The summed E-state index contributed by atoms with van der Waals surface area (Å²) in [5.74, 6) is 0.963. The van der Waals surface area contributed by atoms with Gasteiger partial charge in [0.15, 0.2) is 0 Å². The second-order valence-electron chi connectivity index (χ2n) is 10.9. The van der Waals surface area contributed by atoms with Gasteiger partial charge in [-0.15, -0.1) is 4.72 Å². The predicted octanol–water partition coefficient (Wildman–Crippen LogP) is 6.99. The summed E-state index contributed by atoms with van der Waals surface area (Å²) in [6.07, 6.45) is 0.118. The van der Waals surface area contributed by atoms with Gasteiger partial charge < -0.3 is 23.2 Å². The van der Waals surface area contributed by atoms with Crippen molar-refractivity contribution in [3.8, 4) is 16.9 Å². The molecule has 0 amide bonds. The third-order valence-corrected chi connectivity index (χ3v) is 8.19. The average molecular weight is 596 g/mol. The maximum absolute atomic E-state index is 14.2. The SMILES string of the molecule is CCOC(=O)Cc1ccccc1OCc1cc(-c2cccc([C@H](CF)N[S@+]([O-])C(C)(C)C)c2)c2oc(COC)cc2c1. The minimum absolute atomic E-state index is 0.118. The average Bonchev–Trinajstić information content (AvgIpc) is 3.37. The van der Waals surface area contributed by atoms with E-state index in [2.05, 4.69) is 4.72 Å². The lowest BCUT2D eigenvalue weighted by Gasteiger charge is -2.27. The van der Waals surface area contributed by atoms with Crippen LogP contribution in [0.2, 0.25) is 0 Å². The van der Waals surface area contributed by atoms with Gasteiger partial charge in [-0.2, -0.15) is 0 Å². The van der Waals surface area contributed by atoms with E-state index >= 15 is 0 Å². The molecule has 4 aromatic rings. The van der Waals surface area contributed by atoms with E-state index in [0.717, 1.165) is 27.6 Å². The van der Waals surface area contributed by atoms with E-state index in [1.165, 1.54) is 0 Å². The molecule has 0 fully saturated rings. The number of methoxy groups -OCH3 is 1. The van der Waals surface area contributed by atoms with Crippen LogP contribution in [0.25, 0.3) is 22.1 Å². The van der Waals surface area contributed by atoms with E-state index in [4.69, 9.17) is 18.6 Å². The molecular formula is C33H38FNO6S. The van der Waals surface area contributed by atoms with Crippen molar-refractivity contribution in [2.45, 2.75) is 58.1 Å². The van der Waals surface area contributed by atoms with Gasteiger partial charge in [0.2, 0.25) is 0 Å². The van der Waals surface area contributed by atoms with Crippen molar-refractivity contribution in [1.82, 2.24) is 4.72 Å². The van der Waals surface area contributed by atoms with Crippen LogP contribution in [0.3, 0.4) is 0 Å². The number of benzene rings is 3. The summed E-state index contributed by atoms with van der Waals surface area (Å²) in [5.41, 5.74) is 4.61. The Hall–Kier alpha value is -3.37. The first-order valence-corrected chi connectivity index (χ1v) is 15.0. The number of hydrogen-bond donors (Lipinski definition) is 1. The summed E-state index contributed by atoms with van der Waals surface area (Å²) in [5, 5.41) is 0.873. The molecule has 0 saturated carbocycles. The van der Waals surface area contributed by atoms with Crippen LogP contribution >= 0.6 is 0 Å². The number of alkyl halides is 1. The molecule has 0 bridgehead atoms. The molecule has 224 valence electrons. The smallest absolute Gasteiger partial charge is 0.310 e. The fraction of sp³-hybridized carbons (Fsp3) is 0.364. The Morgan fingerprint density at radius 2 is 1.86 bits per heavy atom. The summed E-state index contributed by atoms with van der Waals surface area (Å²) in [7, 11) is 1.61. The molecule has 0 aliphatic heterocycles. The van der Waals surface area contributed by atoms with Crippen molar-refractivity contribution in [3.05, 3.63) is 89.2 Å². The number of carbonyl (C=O) groups excluding carboxylic acids is 1. The Kier molecular flexibility index (Phi) is 10.7. The second-order valence-corrected chi connectivity index (χ2v) is 12.9. The Labute approximate surface area is 249 Å². The lowest BCUT2D eigenvalue weighted by Crippen LogP contribution is -2.41. The van der Waals surface area contributed by atoms with E-state index in [0.29, 0.717) is 35.9 Å². The summed E-state index contributed by atoms with van der Waals surface area (Å²) in [4.78, 5) is 12.1. The first-order chi connectivity index (χ1) is 20.1. The van der Waals surface area contributed by atoms with Crippen molar-refractivity contribution in [2.75, 3.05) is 20.4 Å². The van der Waals surface area contributed by atoms with Crippen LogP contribution in [0.1, 0.15) is 56.2 Å². The summed E-state index contributed by atoms with van der Waals surface area (Å²) < 4.78 is 52.1. The fourth-order valence-electron chi connectivity index (χ4n) is 4.52. The number of hydrogen-bond acceptors (Lipinski definition) is 7. The van der Waals surface area contributed by atoms with Gasteiger partial charge in [-0.3, -0.25) is 4.79 Å². The topological polar surface area (TPSA) is 93.0 Å². The molecule has 1 aromatic heterocycles. The van der Waals surface area contributed by atoms with Gasteiger partial charge in [-0.25, -0.2) is 4.39 Å². The van der Waals surface area contributed by atoms with Gasteiger partial charge in [-0.05, 0) is 74.7 Å². The van der Waals surface area contributed by atoms with E-state index in [1.807, 2.05) is 87.5 Å². The molecule has 0 aliphatic rings. The third-order valence-electron chi connectivity index (χ3n) is 6.58. The molecule has 7 nitrogen and oxygen atoms in total. The quantitative estimate of drug-likeness (QED) is 0.132. The van der Waals surface area contributed by atoms with Gasteiger partial charge in [0.1, 0.15) is 47.8 Å². The van der Waals surface area contributed by atoms with Gasteiger partial charge in [0.05, 0.1) is 13.0 Å². The first-order valence-electron chi connectivity index (χ1n) is 13.9. The number of ether oxygens (including phenoxy) is 3. The molecule has 0 aliphatic carbocycles. The van der Waals surface area contributed by atoms with Crippen LogP contribution < -0.4 is 9.46 Å². The van der Waals surface area contributed by atoms with Crippen molar-refractivity contribution in [1.29, 1.82) is 0 Å². The number of carbonyl (C=O) groups is 1. The Morgan fingerprint density at radius 3 is 2.57 bits per heavy atom. The molecule has 3 aromatic carbocycles. The Morgan fingerprint density at radius 1 is 1.07 bits per heavy atom. The van der Waals surface area contributed by atoms with Crippen LogP contribution in [0.15, 0.2) is 71.1 Å². The minimum Gasteiger partial charge on any atom is -0.598 e. The Balaban J connectivity index is 1.68. The molecule has 0 saturated heterocycles. The van der Waals surface area contributed by atoms with Gasteiger partial charge in [0.25, 0.3) is 0 Å². The zero-order valence-electron chi connectivity index (χ0n) is 24.7. The summed E-state index contributed by atoms with van der Waals surface area (Å²) >= 11 is -1.44. The number of halogens is 1. The highest BCUT2D eigenvalue weighted by Gasteiger charge is 2.30. The van der Waals surface area contributed by atoms with Crippen molar-refractivity contribution >= 4 is 28.3 Å². The molecule has 4 rings (SSSR count). The number of esters is 1. The van der Waals surface area contributed by atoms with Crippen molar-refractivity contribution in [3.63, 3.8) is 0 Å². The van der Waals surface area contributed by atoms with Crippen LogP contribution in [-0.4, -0.2) is 35.7 Å². The predicted molar refractivity (Wildman–Crippen MR) is 163 cm³/mol. The highest BCUT2D eigenvalue weighted by Crippen LogP contribution is 2.35. The largest absolute Gasteiger partial charge is 0.598 e. The molecule has 42 heavy (non-hydrogen) atoms. The highest BCUT2D eigenvalue weighted by molar-refractivity contribution is 7.90. The van der Waals surface area contributed by atoms with Crippen molar-refractivity contribution < 1.29 is 32.4 Å². The highest BCUT2D eigenvalue weighted by atomic mass is 32.2. The normalized spacial score (nSPS) is 13.2. The van der Waals surface area contributed by atoms with Gasteiger partial charge in [-0.1, -0.05) is 36.4 Å². The molecule has 2 atom stereocenters. The van der Waals surface area contributed by atoms with E-state index < -0.39 is 28.8 Å². The maximum Gasteiger partial charge on any atom is 0.310 e. The fourth-order valence-corrected chi connectivity index (χ4v) is 5.33. The number of fused-ring (bicyclic) bond motifs is 1. The third kappa shape index (κ3) is 7.92. The minimum atomic E-state index is -1.44. The van der Waals surface area contributed by atoms with E-state index in [-0.39, 0.29) is 19.0 Å². The maximum atomic E-state index is 14.2. The summed E-state index contributed by atoms with van der Waals surface area (Å²) in [6.45, 7) is 7.47. The molecule has 0 radical (unpaired) electrons. The van der Waals surface area contributed by atoms with Gasteiger partial charge in [0, 0.05) is 35.0 Å². The molecular weight excluding hydrogens is 557 g/mol. The van der Waals surface area contributed by atoms with Crippen LogP contribution in [0.4, 0.5) is 4.39 Å². The zero-order chi connectivity index (χ0) is 30.3. The zero-order valence-corrected chi connectivity index (χ0v) is 25.5. The molecule has 0 spiro atoms. The number of rotatable bonds is 13. The van der Waals surface area contributed by atoms with Crippen LogP contribution in [0.5, 0.6) is 5.75 Å². The molecule has 0 unspecified atom stereocenters. The number of furan rings is 1. The molecule has 1 heterocycles.